The molecule has 0 spiro atoms. The van der Waals surface area contributed by atoms with E-state index in [-0.39, 0.29) is 44.5 Å². The number of amidine groups is 1. The molecule has 0 aromatic carbocycles. The molecule has 3 fully saturated rings. The zero-order valence-corrected chi connectivity index (χ0v) is 25.2. The van der Waals surface area contributed by atoms with E-state index < -0.39 is 90.9 Å². The highest BCUT2D eigenvalue weighted by Crippen LogP contribution is 2.32. The van der Waals surface area contributed by atoms with Gasteiger partial charge in [0.25, 0.3) is 5.91 Å². The third-order valence-corrected chi connectivity index (χ3v) is 8.40. The molecule has 0 bridgehead atoms. The Morgan fingerprint density at radius 3 is 2.39 bits per heavy atom. The SMILES string of the molecule is CC(N)C(=N)NC[C@@H]1CCC(N)[C@@H](OC2C(O)C(O[C@H]3OCC(C)(O)[C@H](N)C3O)[C@H](NC(=O)[C@@H](O)[C@@H](O)CCN)C[C@@H]2N)O1. The maximum Gasteiger partial charge on any atom is 0.251 e. The van der Waals surface area contributed by atoms with E-state index in [1.54, 1.807) is 6.92 Å². The number of nitrogens with two attached hydrogens (primary N) is 5. The van der Waals surface area contributed by atoms with Gasteiger partial charge in [-0.1, -0.05) is 0 Å². The second kappa shape index (κ2) is 15.8. The lowest BCUT2D eigenvalue weighted by molar-refractivity contribution is -0.305. The Labute approximate surface area is 256 Å². The second-order valence-corrected chi connectivity index (χ2v) is 12.3. The van der Waals surface area contributed by atoms with Crippen LogP contribution >= 0.6 is 0 Å². The number of hydrogen-bond acceptors (Lipinski definition) is 16. The van der Waals surface area contributed by atoms with Crippen molar-refractivity contribution in [3.8, 4) is 0 Å². The molecule has 0 aromatic heterocycles. The molecule has 44 heavy (non-hydrogen) atoms. The highest BCUT2D eigenvalue weighted by Gasteiger charge is 2.51. The van der Waals surface area contributed by atoms with Crippen LogP contribution in [-0.2, 0) is 23.7 Å². The molecule has 256 valence electrons. The van der Waals surface area contributed by atoms with Crippen LogP contribution in [0.3, 0.4) is 0 Å². The van der Waals surface area contributed by atoms with E-state index in [4.69, 9.17) is 53.0 Å². The summed E-state index contributed by atoms with van der Waals surface area (Å²) < 4.78 is 23.7. The van der Waals surface area contributed by atoms with Gasteiger partial charge in [-0.3, -0.25) is 10.2 Å². The van der Waals surface area contributed by atoms with Crippen molar-refractivity contribution < 1.29 is 49.3 Å². The smallest absolute Gasteiger partial charge is 0.251 e. The number of rotatable bonds is 12. The maximum absolute atomic E-state index is 12.8. The fourth-order valence-electron chi connectivity index (χ4n) is 5.46. The van der Waals surface area contributed by atoms with Crippen LogP contribution in [0.4, 0.5) is 0 Å². The normalized spacial score (nSPS) is 41.8. The summed E-state index contributed by atoms with van der Waals surface area (Å²) in [6, 6.07) is -4.17. The van der Waals surface area contributed by atoms with Gasteiger partial charge in [-0.2, -0.15) is 0 Å². The van der Waals surface area contributed by atoms with Crippen LogP contribution in [-0.4, -0.2) is 148 Å². The van der Waals surface area contributed by atoms with E-state index in [0.29, 0.717) is 12.8 Å². The Hall–Kier alpha value is -1.62. The van der Waals surface area contributed by atoms with Gasteiger partial charge < -0.3 is 83.8 Å². The predicted molar refractivity (Wildman–Crippen MR) is 156 cm³/mol. The first kappa shape index (κ1) is 36.8. The van der Waals surface area contributed by atoms with Crippen LogP contribution in [0, 0.1) is 5.41 Å². The molecule has 18 N–H and O–H groups in total. The summed E-state index contributed by atoms with van der Waals surface area (Å²) in [7, 11) is 0. The van der Waals surface area contributed by atoms with E-state index in [1.165, 1.54) is 6.92 Å². The number of nitrogens with one attached hydrogen (secondary N) is 3. The van der Waals surface area contributed by atoms with Gasteiger partial charge >= 0.3 is 0 Å². The Balaban J connectivity index is 1.78. The first-order valence-corrected chi connectivity index (χ1v) is 14.9. The molecule has 1 amide bonds. The van der Waals surface area contributed by atoms with Crippen molar-refractivity contribution in [2.45, 2.75) is 131 Å². The van der Waals surface area contributed by atoms with Crippen molar-refractivity contribution >= 4 is 11.7 Å². The number of aliphatic hydroxyl groups excluding tert-OH is 4. The molecule has 2 saturated heterocycles. The van der Waals surface area contributed by atoms with Gasteiger partial charge in [-0.15, -0.1) is 0 Å². The topological polar surface area (TPSA) is 333 Å². The average molecular weight is 637 g/mol. The van der Waals surface area contributed by atoms with Crippen LogP contribution in [0.15, 0.2) is 0 Å². The molecule has 1 saturated carbocycles. The number of hydrogen-bond donors (Lipinski definition) is 13. The molecule has 1 aliphatic carbocycles. The third-order valence-electron chi connectivity index (χ3n) is 8.40. The number of carbonyl (C=O) groups excluding carboxylic acids is 1. The van der Waals surface area contributed by atoms with Crippen molar-refractivity contribution in [2.24, 2.45) is 28.7 Å². The highest BCUT2D eigenvalue weighted by molar-refractivity contribution is 5.83. The molecule has 3 rings (SSSR count). The molecule has 2 heterocycles. The maximum atomic E-state index is 12.8. The first-order valence-electron chi connectivity index (χ1n) is 14.9. The summed E-state index contributed by atoms with van der Waals surface area (Å²) in [4.78, 5) is 12.8. The molecule has 0 aromatic rings. The van der Waals surface area contributed by atoms with Crippen molar-refractivity contribution in [3.63, 3.8) is 0 Å². The van der Waals surface area contributed by atoms with E-state index in [1.807, 2.05) is 0 Å². The van der Waals surface area contributed by atoms with Gasteiger partial charge in [-0.05, 0) is 46.1 Å². The van der Waals surface area contributed by atoms with Gasteiger partial charge in [0.2, 0.25) is 0 Å². The summed E-state index contributed by atoms with van der Waals surface area (Å²) in [5, 5.41) is 66.4. The van der Waals surface area contributed by atoms with Crippen molar-refractivity contribution in [3.05, 3.63) is 0 Å². The minimum absolute atomic E-state index is 0.0290. The fraction of sp³-hybridized carbons (Fsp3) is 0.923. The molecule has 15 atom stereocenters. The third kappa shape index (κ3) is 9.01. The number of aliphatic hydroxyl groups is 5. The predicted octanol–water partition coefficient (Wildman–Crippen LogP) is -6.05. The minimum atomic E-state index is -1.83. The Morgan fingerprint density at radius 2 is 1.75 bits per heavy atom. The van der Waals surface area contributed by atoms with Gasteiger partial charge in [0.05, 0.1) is 43.0 Å². The van der Waals surface area contributed by atoms with Gasteiger partial charge in [0.15, 0.2) is 18.7 Å². The molecular weight excluding hydrogens is 584 g/mol. The molecule has 7 unspecified atom stereocenters. The van der Waals surface area contributed by atoms with Crippen molar-refractivity contribution in [2.75, 3.05) is 19.7 Å². The van der Waals surface area contributed by atoms with Gasteiger partial charge in [0.1, 0.15) is 35.9 Å². The quantitative estimate of drug-likeness (QED) is 0.0700. The summed E-state index contributed by atoms with van der Waals surface area (Å²) in [5.41, 5.74) is 28.3. The van der Waals surface area contributed by atoms with Gasteiger partial charge in [0, 0.05) is 12.6 Å². The summed E-state index contributed by atoms with van der Waals surface area (Å²) >= 11 is 0. The monoisotopic (exact) mass is 636 g/mol. The summed E-state index contributed by atoms with van der Waals surface area (Å²) in [6.45, 7) is 3.09. The lowest BCUT2D eigenvalue weighted by Gasteiger charge is -2.48. The Morgan fingerprint density at radius 1 is 1.09 bits per heavy atom. The van der Waals surface area contributed by atoms with E-state index in [2.05, 4.69) is 10.6 Å². The molecule has 18 heteroatoms. The standard InChI is InChI=1S/C26H52N8O10/c1-10(28)22(32)33-8-11-3-4-12(29)24(42-11)43-19-13(30)7-14(34-23(39)16(36)15(35)5-6-27)20(17(19)37)44-25-18(38)21(31)26(2,40)9-41-25/h10-21,24-25,35-38,40H,3-9,27-31H2,1-2H3,(H2,32,33)(H,34,39)/t10?,11-,12?,13-,14+,15-,16-,17?,18?,19?,20?,21+,24+,25+,26?/m0/s1. The van der Waals surface area contributed by atoms with E-state index in [9.17, 15) is 30.3 Å². The number of ether oxygens (including phenoxy) is 4. The second-order valence-electron chi connectivity index (χ2n) is 12.3. The molecular formula is C26H52N8O10. The van der Waals surface area contributed by atoms with Gasteiger partial charge in [-0.25, -0.2) is 0 Å². The zero-order valence-electron chi connectivity index (χ0n) is 25.2. The van der Waals surface area contributed by atoms with Crippen LogP contribution < -0.4 is 39.3 Å². The van der Waals surface area contributed by atoms with Crippen molar-refractivity contribution in [1.82, 2.24) is 10.6 Å². The largest absolute Gasteiger partial charge is 0.390 e. The highest BCUT2D eigenvalue weighted by atomic mass is 16.7. The fourth-order valence-corrected chi connectivity index (χ4v) is 5.46. The number of amides is 1. The number of carbonyl (C=O) groups is 1. The summed E-state index contributed by atoms with van der Waals surface area (Å²) in [6.07, 6.45) is -10.6. The molecule has 3 aliphatic rings. The van der Waals surface area contributed by atoms with E-state index in [0.717, 1.165) is 0 Å². The van der Waals surface area contributed by atoms with Crippen LogP contribution in [0.25, 0.3) is 0 Å². The van der Waals surface area contributed by atoms with Crippen LogP contribution in [0.5, 0.6) is 0 Å². The Bertz CT molecular complexity index is 950. The van der Waals surface area contributed by atoms with Crippen LogP contribution in [0.2, 0.25) is 0 Å². The van der Waals surface area contributed by atoms with Crippen molar-refractivity contribution in [1.29, 1.82) is 5.41 Å². The lowest BCUT2D eigenvalue weighted by Crippen LogP contribution is -2.69. The Kier molecular flexibility index (Phi) is 13.2. The lowest BCUT2D eigenvalue weighted by atomic mass is 9.83. The molecule has 18 nitrogen and oxygen atoms in total. The van der Waals surface area contributed by atoms with E-state index >= 15 is 0 Å². The molecule has 2 aliphatic heterocycles. The first-order chi connectivity index (χ1) is 20.6. The minimum Gasteiger partial charge on any atom is -0.390 e. The molecule has 0 radical (unpaired) electrons. The average Bonchev–Trinajstić information content (AvgIpc) is 2.96. The zero-order chi connectivity index (χ0) is 32.9. The van der Waals surface area contributed by atoms with Crippen LogP contribution in [0.1, 0.15) is 39.5 Å². The summed E-state index contributed by atoms with van der Waals surface area (Å²) in [5.74, 6) is -0.814.